The van der Waals surface area contributed by atoms with Gasteiger partial charge in [-0.3, -0.25) is 9.59 Å². The second-order valence-electron chi connectivity index (χ2n) is 6.11. The van der Waals surface area contributed by atoms with E-state index in [-0.39, 0.29) is 17.2 Å². The van der Waals surface area contributed by atoms with E-state index in [1.807, 2.05) is 13.0 Å². The van der Waals surface area contributed by atoms with E-state index in [9.17, 15) is 14.9 Å². The lowest BCUT2D eigenvalue weighted by molar-refractivity contribution is -0.135. The van der Waals surface area contributed by atoms with Gasteiger partial charge in [0, 0.05) is 14.1 Å². The van der Waals surface area contributed by atoms with Crippen molar-refractivity contribution in [1.82, 2.24) is 4.90 Å². The summed E-state index contributed by atoms with van der Waals surface area (Å²) >= 11 is 0. The molecule has 0 fully saturated rings. The number of hydrogen-bond acceptors (Lipinski definition) is 6. The number of hydrogen-bond donors (Lipinski definition) is 0. The molecule has 1 amide bonds. The molecule has 0 saturated heterocycles. The van der Waals surface area contributed by atoms with Gasteiger partial charge in [-0.25, -0.2) is 0 Å². The van der Waals surface area contributed by atoms with Crippen LogP contribution in [0.15, 0.2) is 46.6 Å². The smallest absolute Gasteiger partial charge is 0.262 e. The highest BCUT2D eigenvalue weighted by Crippen LogP contribution is 2.30. The molecule has 0 spiro atoms. The topological polar surface area (TPSA) is 92.8 Å². The van der Waals surface area contributed by atoms with Crippen LogP contribution in [0.25, 0.3) is 6.08 Å². The molecule has 0 bridgehead atoms. The number of ketones is 1. The molecule has 1 aromatic heterocycles. The van der Waals surface area contributed by atoms with E-state index >= 15 is 0 Å². The number of amides is 1. The van der Waals surface area contributed by atoms with Crippen molar-refractivity contribution in [3.8, 4) is 17.6 Å². The molecule has 0 unspecified atom stereocenters. The lowest BCUT2D eigenvalue weighted by atomic mass is 10.1. The molecule has 146 valence electrons. The number of likely N-dealkylation sites (N-methyl/N-ethyl adjacent to an activating group) is 1. The van der Waals surface area contributed by atoms with Crippen LogP contribution in [-0.2, 0) is 4.79 Å². The molecule has 2 rings (SSSR count). The highest BCUT2D eigenvalue weighted by molar-refractivity contribution is 6.12. The average Bonchev–Trinajstić information content (AvgIpc) is 3.21. The second-order valence-corrected chi connectivity index (χ2v) is 6.11. The highest BCUT2D eigenvalue weighted by atomic mass is 16.5. The first-order valence-electron chi connectivity index (χ1n) is 8.72. The van der Waals surface area contributed by atoms with E-state index in [4.69, 9.17) is 13.9 Å². The zero-order valence-electron chi connectivity index (χ0n) is 16.3. The Hall–Kier alpha value is -3.53. The van der Waals surface area contributed by atoms with E-state index in [1.54, 1.807) is 45.3 Å². The Morgan fingerprint density at radius 1 is 1.29 bits per heavy atom. The molecule has 0 saturated carbocycles. The highest BCUT2D eigenvalue weighted by Gasteiger charge is 2.19. The Morgan fingerprint density at radius 2 is 2.04 bits per heavy atom. The van der Waals surface area contributed by atoms with Crippen LogP contribution >= 0.6 is 0 Å². The summed E-state index contributed by atoms with van der Waals surface area (Å²) in [4.78, 5) is 25.8. The van der Waals surface area contributed by atoms with Gasteiger partial charge < -0.3 is 18.8 Å². The second kappa shape index (κ2) is 9.42. The third kappa shape index (κ3) is 5.01. The number of ether oxygens (including phenoxy) is 2. The number of Topliss-reactive ketones (excluding diaryl/α,β-unsaturated/α-hetero) is 1. The van der Waals surface area contributed by atoms with Crippen molar-refractivity contribution in [1.29, 1.82) is 5.26 Å². The molecule has 0 aliphatic rings. The van der Waals surface area contributed by atoms with Crippen LogP contribution in [0.5, 0.6) is 11.5 Å². The first-order chi connectivity index (χ1) is 13.4. The third-order valence-electron chi connectivity index (χ3n) is 3.78. The van der Waals surface area contributed by atoms with Gasteiger partial charge in [-0.15, -0.1) is 0 Å². The Labute approximate surface area is 163 Å². The fourth-order valence-electron chi connectivity index (χ4n) is 2.44. The SMILES string of the molecule is CCOc1cc(/C=C(\C#N)C(=O)c2ccco2)ccc1O[C@H](C)C(=O)N(C)C. The van der Waals surface area contributed by atoms with Crippen molar-refractivity contribution in [2.75, 3.05) is 20.7 Å². The number of benzene rings is 1. The molecule has 0 N–H and O–H groups in total. The number of nitrogens with zero attached hydrogens (tertiary/aromatic N) is 2. The van der Waals surface area contributed by atoms with Gasteiger partial charge in [0.25, 0.3) is 5.91 Å². The summed E-state index contributed by atoms with van der Waals surface area (Å²) in [6, 6.07) is 9.94. The largest absolute Gasteiger partial charge is 0.490 e. The number of rotatable bonds is 8. The van der Waals surface area contributed by atoms with Crippen molar-refractivity contribution in [2.45, 2.75) is 20.0 Å². The summed E-state index contributed by atoms with van der Waals surface area (Å²) in [5.41, 5.74) is 0.515. The molecule has 28 heavy (non-hydrogen) atoms. The van der Waals surface area contributed by atoms with Gasteiger partial charge in [0.15, 0.2) is 23.4 Å². The van der Waals surface area contributed by atoms with Gasteiger partial charge in [0.1, 0.15) is 11.6 Å². The summed E-state index contributed by atoms with van der Waals surface area (Å²) in [7, 11) is 3.30. The third-order valence-corrected chi connectivity index (χ3v) is 3.78. The molecular formula is C21H22N2O5. The Bertz CT molecular complexity index is 907. The fraction of sp³-hybridized carbons (Fsp3) is 0.286. The maximum absolute atomic E-state index is 12.3. The lowest BCUT2D eigenvalue weighted by Gasteiger charge is -2.20. The average molecular weight is 382 g/mol. The monoisotopic (exact) mass is 382 g/mol. The minimum Gasteiger partial charge on any atom is -0.490 e. The summed E-state index contributed by atoms with van der Waals surface area (Å²) in [6.45, 7) is 3.86. The van der Waals surface area contributed by atoms with Crippen LogP contribution < -0.4 is 9.47 Å². The van der Waals surface area contributed by atoms with Crippen molar-refractivity contribution in [3.63, 3.8) is 0 Å². The molecule has 0 aliphatic carbocycles. The minimum atomic E-state index is -0.689. The zero-order valence-corrected chi connectivity index (χ0v) is 16.3. The van der Waals surface area contributed by atoms with Gasteiger partial charge in [-0.05, 0) is 49.8 Å². The number of nitriles is 1. The quantitative estimate of drug-likeness (QED) is 0.395. The van der Waals surface area contributed by atoms with Crippen molar-refractivity contribution in [2.24, 2.45) is 0 Å². The summed E-state index contributed by atoms with van der Waals surface area (Å²) in [5, 5.41) is 9.34. The van der Waals surface area contributed by atoms with E-state index < -0.39 is 11.9 Å². The van der Waals surface area contributed by atoms with Crippen molar-refractivity contribution in [3.05, 3.63) is 53.5 Å². The summed E-state index contributed by atoms with van der Waals surface area (Å²) < 4.78 is 16.4. The van der Waals surface area contributed by atoms with E-state index in [0.29, 0.717) is 23.7 Å². The van der Waals surface area contributed by atoms with Gasteiger partial charge in [0.05, 0.1) is 12.9 Å². The Balaban J connectivity index is 2.31. The number of carbonyl (C=O) groups is 2. The van der Waals surface area contributed by atoms with Crippen LogP contribution in [0.3, 0.4) is 0 Å². The molecule has 0 radical (unpaired) electrons. The van der Waals surface area contributed by atoms with Crippen molar-refractivity contribution < 1.29 is 23.5 Å². The number of furan rings is 1. The van der Waals surface area contributed by atoms with Crippen LogP contribution in [0.2, 0.25) is 0 Å². The normalized spacial score (nSPS) is 12.0. The molecule has 7 nitrogen and oxygen atoms in total. The maximum Gasteiger partial charge on any atom is 0.262 e. The van der Waals surface area contributed by atoms with E-state index in [2.05, 4.69) is 0 Å². The molecule has 1 atom stereocenters. The molecular weight excluding hydrogens is 360 g/mol. The first kappa shape index (κ1) is 20.8. The number of allylic oxidation sites excluding steroid dienone is 1. The van der Waals surface area contributed by atoms with Gasteiger partial charge in [-0.2, -0.15) is 5.26 Å². The number of carbonyl (C=O) groups excluding carboxylic acids is 2. The first-order valence-corrected chi connectivity index (χ1v) is 8.72. The van der Waals surface area contributed by atoms with E-state index in [0.717, 1.165) is 0 Å². The van der Waals surface area contributed by atoms with E-state index in [1.165, 1.54) is 23.3 Å². The van der Waals surface area contributed by atoms with Crippen molar-refractivity contribution >= 4 is 17.8 Å². The van der Waals surface area contributed by atoms with Crippen LogP contribution in [0, 0.1) is 11.3 Å². The van der Waals surface area contributed by atoms with Gasteiger partial charge >= 0.3 is 0 Å². The zero-order chi connectivity index (χ0) is 20.7. The molecule has 2 aromatic rings. The predicted octanol–water partition coefficient (Wildman–Crippen LogP) is 3.32. The summed E-state index contributed by atoms with van der Waals surface area (Å²) in [5.74, 6) is 0.224. The maximum atomic E-state index is 12.3. The fourth-order valence-corrected chi connectivity index (χ4v) is 2.44. The predicted molar refractivity (Wildman–Crippen MR) is 103 cm³/mol. The Morgan fingerprint density at radius 3 is 2.61 bits per heavy atom. The molecule has 7 heteroatoms. The van der Waals surface area contributed by atoms with Crippen LogP contribution in [-0.4, -0.2) is 43.4 Å². The summed E-state index contributed by atoms with van der Waals surface area (Å²) in [6.07, 6.45) is 2.13. The minimum absolute atomic E-state index is 0.0674. The lowest BCUT2D eigenvalue weighted by Crippen LogP contribution is -2.35. The van der Waals surface area contributed by atoms with Crippen LogP contribution in [0.4, 0.5) is 0 Å². The molecule has 1 heterocycles. The standard InChI is InChI=1S/C21H22N2O5/c1-5-26-19-12-15(8-9-17(19)28-14(2)21(25)23(3)4)11-16(13-22)20(24)18-7-6-10-27-18/h6-12,14H,5H2,1-4H3/b16-11+/t14-/m1/s1. The Kier molecular flexibility index (Phi) is 6.99. The van der Waals surface area contributed by atoms with Gasteiger partial charge in [0.2, 0.25) is 5.78 Å². The molecule has 1 aromatic carbocycles. The molecule has 0 aliphatic heterocycles. The van der Waals surface area contributed by atoms with Crippen LogP contribution in [0.1, 0.15) is 30.0 Å². The van der Waals surface area contributed by atoms with Gasteiger partial charge in [-0.1, -0.05) is 6.07 Å².